The molecule has 0 aliphatic rings. The van der Waals surface area contributed by atoms with Gasteiger partial charge in [-0.3, -0.25) is 0 Å². The van der Waals surface area contributed by atoms with Crippen LogP contribution in [0.25, 0.3) is 30.9 Å². The number of aryl methyl sites for hydroxylation is 1. The fourth-order valence-corrected chi connectivity index (χ4v) is 3.94. The Hall–Kier alpha value is -2.13. The Morgan fingerprint density at radius 2 is 1.89 bits per heavy atom. The maximum absolute atomic E-state index is 10.0. The lowest BCUT2D eigenvalue weighted by Gasteiger charge is -2.00. The van der Waals surface area contributed by atoms with Crippen LogP contribution in [0.5, 0.6) is 5.88 Å². The summed E-state index contributed by atoms with van der Waals surface area (Å²) in [6, 6.07) is 12.6. The van der Waals surface area contributed by atoms with Crippen molar-refractivity contribution in [2.45, 2.75) is 6.92 Å². The van der Waals surface area contributed by atoms with Gasteiger partial charge in [0, 0.05) is 26.4 Å². The first-order chi connectivity index (χ1) is 9.24. The second-order valence-corrected chi connectivity index (χ2v) is 5.83. The van der Waals surface area contributed by atoms with Gasteiger partial charge in [0.05, 0.1) is 5.39 Å². The lowest BCUT2D eigenvalue weighted by molar-refractivity contribution is 0.461. The highest BCUT2D eigenvalue weighted by Crippen LogP contribution is 2.40. The van der Waals surface area contributed by atoms with Gasteiger partial charge in [0.25, 0.3) is 0 Å². The van der Waals surface area contributed by atoms with Crippen LogP contribution < -0.4 is 0 Å². The van der Waals surface area contributed by atoms with Crippen LogP contribution in [0.3, 0.4) is 0 Å². The molecule has 0 bridgehead atoms. The van der Waals surface area contributed by atoms with E-state index in [-0.39, 0.29) is 5.88 Å². The van der Waals surface area contributed by atoms with Crippen LogP contribution in [0, 0.1) is 6.92 Å². The number of hydrogen-bond acceptors (Lipinski definition) is 3. The summed E-state index contributed by atoms with van der Waals surface area (Å²) in [7, 11) is 0. The van der Waals surface area contributed by atoms with Gasteiger partial charge >= 0.3 is 0 Å². The van der Waals surface area contributed by atoms with Gasteiger partial charge in [0.2, 0.25) is 5.88 Å². The summed E-state index contributed by atoms with van der Waals surface area (Å²) in [5.41, 5.74) is 1.26. The second-order valence-electron chi connectivity index (χ2n) is 4.78. The van der Waals surface area contributed by atoms with Crippen LogP contribution in [-0.4, -0.2) is 10.1 Å². The number of thiophene rings is 1. The van der Waals surface area contributed by atoms with E-state index in [0.29, 0.717) is 0 Å². The molecule has 0 radical (unpaired) electrons. The van der Waals surface area contributed by atoms with Crippen LogP contribution >= 0.6 is 11.3 Å². The Bertz CT molecular complexity index is 940. The normalized spacial score (nSPS) is 11.6. The molecule has 0 spiro atoms. The zero-order chi connectivity index (χ0) is 13.0. The number of pyridine rings is 1. The molecule has 0 saturated heterocycles. The summed E-state index contributed by atoms with van der Waals surface area (Å²) in [6.45, 7) is 2.10. The summed E-state index contributed by atoms with van der Waals surface area (Å²) in [5, 5.41) is 14.4. The minimum absolute atomic E-state index is 0.117. The Labute approximate surface area is 113 Å². The van der Waals surface area contributed by atoms with E-state index >= 15 is 0 Å². The summed E-state index contributed by atoms with van der Waals surface area (Å²) >= 11 is 1.72. The number of rotatable bonds is 0. The van der Waals surface area contributed by atoms with Crippen molar-refractivity contribution in [3.8, 4) is 5.88 Å². The molecule has 19 heavy (non-hydrogen) atoms. The molecular formula is C16H11NOS. The zero-order valence-corrected chi connectivity index (χ0v) is 11.2. The molecule has 3 heteroatoms. The Balaban J connectivity index is 2.31. The molecular weight excluding hydrogens is 254 g/mol. The number of nitrogens with zero attached hydrogens (tertiary/aromatic N) is 1. The van der Waals surface area contributed by atoms with E-state index in [1.165, 1.54) is 21.0 Å². The third-order valence-corrected chi connectivity index (χ3v) is 4.69. The molecule has 2 heterocycles. The summed E-state index contributed by atoms with van der Waals surface area (Å²) in [6.07, 6.45) is 1.64. The largest absolute Gasteiger partial charge is 0.493 e. The smallest absolute Gasteiger partial charge is 0.220 e. The predicted octanol–water partition coefficient (Wildman–Crippen LogP) is 4.62. The number of benzene rings is 2. The third kappa shape index (κ3) is 1.45. The van der Waals surface area contributed by atoms with Crippen molar-refractivity contribution in [1.29, 1.82) is 0 Å². The van der Waals surface area contributed by atoms with E-state index in [9.17, 15) is 5.11 Å². The van der Waals surface area contributed by atoms with Crippen molar-refractivity contribution < 1.29 is 5.11 Å². The lowest BCUT2D eigenvalue weighted by atomic mass is 10.1. The van der Waals surface area contributed by atoms with Gasteiger partial charge in [0.15, 0.2) is 0 Å². The molecule has 4 rings (SSSR count). The highest BCUT2D eigenvalue weighted by Gasteiger charge is 2.11. The lowest BCUT2D eigenvalue weighted by Crippen LogP contribution is -1.78. The van der Waals surface area contributed by atoms with Gasteiger partial charge in [0.1, 0.15) is 0 Å². The van der Waals surface area contributed by atoms with E-state index < -0.39 is 0 Å². The van der Waals surface area contributed by atoms with Gasteiger partial charge < -0.3 is 5.11 Å². The van der Waals surface area contributed by atoms with Crippen molar-refractivity contribution >= 4 is 42.3 Å². The molecule has 0 amide bonds. The Morgan fingerprint density at radius 1 is 1.05 bits per heavy atom. The highest BCUT2D eigenvalue weighted by atomic mass is 32.1. The quantitative estimate of drug-likeness (QED) is 0.503. The first-order valence-corrected chi connectivity index (χ1v) is 6.95. The third-order valence-electron chi connectivity index (χ3n) is 3.50. The molecule has 0 fully saturated rings. The van der Waals surface area contributed by atoms with Gasteiger partial charge in [-0.1, -0.05) is 24.3 Å². The van der Waals surface area contributed by atoms with Crippen LogP contribution in [0.4, 0.5) is 0 Å². The fraction of sp³-hybridized carbons (Fsp3) is 0.0625. The topological polar surface area (TPSA) is 33.1 Å². The minimum Gasteiger partial charge on any atom is -0.493 e. The van der Waals surface area contributed by atoms with Crippen molar-refractivity contribution in [3.05, 3.63) is 48.2 Å². The molecule has 2 aromatic heterocycles. The van der Waals surface area contributed by atoms with Crippen molar-refractivity contribution in [1.82, 2.24) is 4.98 Å². The first-order valence-electron chi connectivity index (χ1n) is 6.13. The van der Waals surface area contributed by atoms with Crippen molar-refractivity contribution in [2.24, 2.45) is 0 Å². The number of fused-ring (bicyclic) bond motifs is 5. The average molecular weight is 265 g/mol. The molecule has 0 aliphatic carbocycles. The summed E-state index contributed by atoms with van der Waals surface area (Å²) in [5.74, 6) is 0.117. The molecule has 92 valence electrons. The van der Waals surface area contributed by atoms with Crippen LogP contribution in [-0.2, 0) is 0 Å². The molecule has 2 aromatic carbocycles. The second kappa shape index (κ2) is 3.68. The monoisotopic (exact) mass is 265 g/mol. The SMILES string of the molecule is Cc1ccc2c(c1)sc1c2ccc2ccnc(O)c21. The van der Waals surface area contributed by atoms with Crippen molar-refractivity contribution in [2.75, 3.05) is 0 Å². The van der Waals surface area contributed by atoms with E-state index in [4.69, 9.17) is 0 Å². The van der Waals surface area contributed by atoms with Gasteiger partial charge in [-0.25, -0.2) is 4.98 Å². The number of aromatic hydroxyl groups is 1. The molecule has 0 saturated carbocycles. The van der Waals surface area contributed by atoms with E-state index in [0.717, 1.165) is 15.5 Å². The summed E-state index contributed by atoms with van der Waals surface area (Å²) in [4.78, 5) is 4.01. The highest BCUT2D eigenvalue weighted by molar-refractivity contribution is 7.26. The first kappa shape index (κ1) is 10.8. The van der Waals surface area contributed by atoms with Crippen LogP contribution in [0.2, 0.25) is 0 Å². The molecule has 4 aromatic rings. The summed E-state index contributed by atoms with van der Waals surface area (Å²) < 4.78 is 2.37. The van der Waals surface area contributed by atoms with E-state index in [1.807, 2.05) is 12.1 Å². The Kier molecular flexibility index (Phi) is 2.09. The Morgan fingerprint density at radius 3 is 2.79 bits per heavy atom. The molecule has 0 unspecified atom stereocenters. The van der Waals surface area contributed by atoms with E-state index in [1.54, 1.807) is 17.5 Å². The fourth-order valence-electron chi connectivity index (χ4n) is 2.58. The molecule has 0 aliphatic heterocycles. The molecule has 0 atom stereocenters. The zero-order valence-electron chi connectivity index (χ0n) is 10.3. The van der Waals surface area contributed by atoms with Gasteiger partial charge in [-0.15, -0.1) is 11.3 Å². The van der Waals surface area contributed by atoms with E-state index in [2.05, 4.69) is 36.2 Å². The van der Waals surface area contributed by atoms with Crippen LogP contribution in [0.15, 0.2) is 42.6 Å². The minimum atomic E-state index is 0.117. The van der Waals surface area contributed by atoms with Gasteiger partial charge in [-0.2, -0.15) is 0 Å². The maximum Gasteiger partial charge on any atom is 0.220 e. The standard InChI is InChI=1S/C16H11NOS/c1-9-2-4-11-12-5-3-10-6-7-17-16(18)14(10)15(12)19-13(11)8-9/h2-8H,1H3,(H,17,18). The average Bonchev–Trinajstić information content (AvgIpc) is 2.76. The predicted molar refractivity (Wildman–Crippen MR) is 81.0 cm³/mol. The van der Waals surface area contributed by atoms with Crippen molar-refractivity contribution in [3.63, 3.8) is 0 Å². The number of hydrogen-bond donors (Lipinski definition) is 1. The van der Waals surface area contributed by atoms with Crippen LogP contribution in [0.1, 0.15) is 5.56 Å². The maximum atomic E-state index is 10.0. The molecule has 1 N–H and O–H groups in total. The van der Waals surface area contributed by atoms with Gasteiger partial charge in [-0.05, 0) is 30.0 Å². The molecule has 2 nitrogen and oxygen atoms in total. The number of aromatic nitrogens is 1.